The van der Waals surface area contributed by atoms with Crippen LogP contribution in [-0.4, -0.2) is 152 Å². The molecule has 0 unspecified atom stereocenters. The minimum Gasteiger partial charge on any atom is -0.392 e. The summed E-state index contributed by atoms with van der Waals surface area (Å²) < 4.78 is 131. The van der Waals surface area contributed by atoms with Crippen LogP contribution in [-0.2, 0) is 42.9 Å². The summed E-state index contributed by atoms with van der Waals surface area (Å²) in [5.41, 5.74) is 5.26. The Morgan fingerprint density at radius 1 is 0.363 bits per heavy atom. The SMILES string of the molecule is O=c1cc(-c2ccc(C(F)(F)F)cc2)ccn1-c1ccc2c(cnn2CCN2CCOCC2)c1.O=c1cc(-c2ccc(C(F)(F)F)cc2)ccn1-c1ccc2c(cnn2CCN2CC[C@@H](O)C2)c1.O=c1cc(-c2ccc(C(F)(F)F)cc2)ccn1-c1ccc2c(cnn2CCN2CC[C@H](O)C2)c1. The van der Waals surface area contributed by atoms with Crippen molar-refractivity contribution in [3.05, 3.63) is 249 Å². The maximum absolute atomic E-state index is 12.8. The number of likely N-dealkylation sites (tertiary alicyclic amines) is 2. The molecule has 9 heterocycles. The highest BCUT2D eigenvalue weighted by atomic mass is 19.4. The minimum atomic E-state index is -4.40. The van der Waals surface area contributed by atoms with Crippen LogP contribution in [0.4, 0.5) is 39.5 Å². The van der Waals surface area contributed by atoms with Crippen molar-refractivity contribution in [2.24, 2.45) is 0 Å². The van der Waals surface area contributed by atoms with Gasteiger partial charge in [0, 0.05) is 129 Å². The van der Waals surface area contributed by atoms with E-state index in [1.54, 1.807) is 55.4 Å². The van der Waals surface area contributed by atoms with Crippen LogP contribution in [0.25, 0.3) is 83.2 Å². The van der Waals surface area contributed by atoms with Gasteiger partial charge in [0.05, 0.1) is 96.9 Å². The molecule has 2 N–H and O–H groups in total. The number of fused-ring (bicyclic) bond motifs is 3. The Balaban J connectivity index is 0.000000137. The summed E-state index contributed by atoms with van der Waals surface area (Å²) in [5, 5.41) is 35.5. The summed E-state index contributed by atoms with van der Waals surface area (Å²) in [7, 11) is 0. The van der Waals surface area contributed by atoms with Crippen molar-refractivity contribution in [2.75, 3.05) is 72.1 Å². The van der Waals surface area contributed by atoms with E-state index in [1.165, 1.54) is 68.3 Å². The lowest BCUT2D eigenvalue weighted by Crippen LogP contribution is -2.38. The molecule has 0 radical (unpaired) electrons. The van der Waals surface area contributed by atoms with Gasteiger partial charge in [-0.3, -0.25) is 56.8 Å². The zero-order chi connectivity index (χ0) is 71.5. The molecule has 0 bridgehead atoms. The molecule has 6 aromatic heterocycles. The molecule has 3 aliphatic rings. The Morgan fingerprint density at radius 3 is 0.941 bits per heavy atom. The Bertz CT molecular complexity index is 4630. The van der Waals surface area contributed by atoms with E-state index in [2.05, 4.69) is 30.0 Å². The van der Waals surface area contributed by atoms with Crippen LogP contribution < -0.4 is 16.7 Å². The third-order valence-corrected chi connectivity index (χ3v) is 18.6. The zero-order valence-electron chi connectivity index (χ0n) is 54.8. The molecule has 15 rings (SSSR count). The topological polar surface area (TPSA) is 179 Å². The highest BCUT2D eigenvalue weighted by molar-refractivity contribution is 5.83. The average Bonchev–Trinajstić information content (AvgIpc) is 1.35. The van der Waals surface area contributed by atoms with E-state index in [4.69, 9.17) is 4.74 Å². The second-order valence-corrected chi connectivity index (χ2v) is 25.4. The highest BCUT2D eigenvalue weighted by Gasteiger charge is 2.32. The predicted octanol–water partition coefficient (Wildman–Crippen LogP) is 12.1. The summed E-state index contributed by atoms with van der Waals surface area (Å²) in [6.45, 7) is 11.2. The van der Waals surface area contributed by atoms with Gasteiger partial charge in [0.15, 0.2) is 0 Å². The van der Waals surface area contributed by atoms with Crippen molar-refractivity contribution in [1.82, 2.24) is 57.7 Å². The molecule has 6 aromatic carbocycles. The maximum Gasteiger partial charge on any atom is 0.416 e. The second-order valence-electron chi connectivity index (χ2n) is 25.4. The maximum atomic E-state index is 12.8. The summed E-state index contributed by atoms with van der Waals surface area (Å²) in [5.74, 6) is 0. The number of benzene rings is 6. The van der Waals surface area contributed by atoms with E-state index in [-0.39, 0.29) is 28.9 Å². The third kappa shape index (κ3) is 16.4. The standard InChI is InChI=1S/3C25H23F3N4O2/c2*26-25(27,28)20-3-1-17(2-4-20)18-7-10-31(24(34)14-18)21-5-6-23-19(13-21)15-29-32(23)12-11-30-9-8-22(33)16-30;26-25(27,28)21-3-1-18(2-4-21)19-7-8-31(24(33)16-19)22-5-6-23-20(15-22)17-29-32(23)10-9-30-11-13-34-14-12-30/h2*1-7,10,13-15,22,33H,8-9,11-12,16H2;1-8,15-17H,9-14H2/t2*22-;/m10./s1. The third-order valence-electron chi connectivity index (χ3n) is 18.6. The van der Waals surface area contributed by atoms with E-state index in [0.29, 0.717) is 76.6 Å². The molecule has 27 heteroatoms. The fourth-order valence-corrected chi connectivity index (χ4v) is 12.9. The number of ether oxygens (including phenoxy) is 1. The van der Waals surface area contributed by atoms with Gasteiger partial charge in [0.2, 0.25) is 0 Å². The van der Waals surface area contributed by atoms with Crippen LogP contribution in [0.1, 0.15) is 29.5 Å². The van der Waals surface area contributed by atoms with Crippen LogP contribution in [0.5, 0.6) is 0 Å². The molecule has 12 aromatic rings. The number of aromatic nitrogens is 9. The smallest absolute Gasteiger partial charge is 0.392 e. The molecule has 18 nitrogen and oxygen atoms in total. The number of nitrogens with zero attached hydrogens (tertiary/aromatic N) is 12. The molecular weight excluding hydrogens is 1340 g/mol. The largest absolute Gasteiger partial charge is 0.416 e. The van der Waals surface area contributed by atoms with Crippen LogP contribution in [0.2, 0.25) is 0 Å². The van der Waals surface area contributed by atoms with E-state index in [0.717, 1.165) is 148 Å². The molecule has 528 valence electrons. The number of aliphatic hydroxyl groups excluding tert-OH is 2. The Morgan fingerprint density at radius 2 is 0.667 bits per heavy atom. The summed E-state index contributed by atoms with van der Waals surface area (Å²) in [6.07, 6.45) is -1.88. The quantitative estimate of drug-likeness (QED) is 0.0930. The fraction of sp³-hybridized carbons (Fsp3) is 0.280. The molecule has 0 amide bonds. The number of hydrogen-bond acceptors (Lipinski definition) is 12. The number of hydrogen-bond donors (Lipinski definition) is 2. The van der Waals surface area contributed by atoms with E-state index < -0.39 is 35.2 Å². The molecule has 0 aliphatic carbocycles. The monoisotopic (exact) mass is 1400 g/mol. The first-order valence-electron chi connectivity index (χ1n) is 33.1. The molecule has 3 fully saturated rings. The van der Waals surface area contributed by atoms with Gasteiger partial charge in [-0.2, -0.15) is 54.8 Å². The summed E-state index contributed by atoms with van der Waals surface area (Å²) >= 11 is 0. The average molecular weight is 1410 g/mol. The number of rotatable bonds is 15. The van der Waals surface area contributed by atoms with Crippen molar-refractivity contribution >= 4 is 32.7 Å². The lowest BCUT2D eigenvalue weighted by molar-refractivity contribution is -0.138. The van der Waals surface area contributed by atoms with E-state index >= 15 is 0 Å². The molecule has 0 saturated carbocycles. The summed E-state index contributed by atoms with van der Waals surface area (Å²) in [6, 6.07) is 40.8. The molecule has 0 spiro atoms. The van der Waals surface area contributed by atoms with Crippen molar-refractivity contribution < 1.29 is 54.5 Å². The van der Waals surface area contributed by atoms with Gasteiger partial charge in [-0.1, -0.05) is 36.4 Å². The number of aliphatic hydroxyl groups is 2. The fourth-order valence-electron chi connectivity index (χ4n) is 12.9. The Labute approximate surface area is 577 Å². The number of morpholine rings is 1. The highest BCUT2D eigenvalue weighted by Crippen LogP contribution is 2.34. The number of alkyl halides is 9. The van der Waals surface area contributed by atoms with Crippen molar-refractivity contribution in [1.29, 1.82) is 0 Å². The molecular formula is C75H69F9N12O6. The van der Waals surface area contributed by atoms with Gasteiger partial charge < -0.3 is 14.9 Å². The molecule has 2 atom stereocenters. The number of β-amino-alcohol motifs (C(OH)–C–C–N with tert-alkyl or cyclic N) is 2. The van der Waals surface area contributed by atoms with Crippen molar-refractivity contribution in [2.45, 2.75) is 63.2 Å². The first-order chi connectivity index (χ1) is 48.9. The Hall–Kier alpha value is -10.3. The van der Waals surface area contributed by atoms with Gasteiger partial charge in [-0.25, -0.2) is 0 Å². The lowest BCUT2D eigenvalue weighted by atomic mass is 10.0. The predicted molar refractivity (Wildman–Crippen MR) is 369 cm³/mol. The van der Waals surface area contributed by atoms with Gasteiger partial charge in [-0.15, -0.1) is 0 Å². The van der Waals surface area contributed by atoms with Crippen molar-refractivity contribution in [3.63, 3.8) is 0 Å². The van der Waals surface area contributed by atoms with Crippen LogP contribution in [0.3, 0.4) is 0 Å². The second kappa shape index (κ2) is 29.7. The van der Waals surface area contributed by atoms with Crippen LogP contribution >= 0.6 is 0 Å². The Kier molecular flexibility index (Phi) is 20.4. The van der Waals surface area contributed by atoms with Gasteiger partial charge in [0.1, 0.15) is 0 Å². The first-order valence-corrected chi connectivity index (χ1v) is 33.1. The number of pyridine rings is 3. The normalized spacial score (nSPS) is 16.4. The lowest BCUT2D eigenvalue weighted by Gasteiger charge is -2.26. The van der Waals surface area contributed by atoms with Gasteiger partial charge >= 0.3 is 18.5 Å². The van der Waals surface area contributed by atoms with Crippen LogP contribution in [0.15, 0.2) is 215 Å². The minimum absolute atomic E-state index is 0.249. The molecule has 102 heavy (non-hydrogen) atoms. The summed E-state index contributed by atoms with van der Waals surface area (Å²) in [4.78, 5) is 45.2. The molecule has 3 aliphatic heterocycles. The molecule has 3 saturated heterocycles. The van der Waals surface area contributed by atoms with Gasteiger partial charge in [-0.05, 0) is 155 Å². The van der Waals surface area contributed by atoms with E-state index in [9.17, 15) is 64.1 Å². The number of halogens is 9. The zero-order valence-corrected chi connectivity index (χ0v) is 54.8. The van der Waals surface area contributed by atoms with Gasteiger partial charge in [0.25, 0.3) is 16.7 Å². The van der Waals surface area contributed by atoms with E-state index in [1.807, 2.05) is 68.6 Å². The first kappa shape index (κ1) is 70.2. The van der Waals surface area contributed by atoms with Crippen molar-refractivity contribution in [3.8, 4) is 50.4 Å². The van der Waals surface area contributed by atoms with Crippen LogP contribution in [0, 0.1) is 0 Å².